The van der Waals surface area contributed by atoms with Crippen LogP contribution in [-0.4, -0.2) is 17.2 Å². The first-order chi connectivity index (χ1) is 8.00. The lowest BCUT2D eigenvalue weighted by Gasteiger charge is -2.16. The topological polar surface area (TPSA) is 46.5 Å². The van der Waals surface area contributed by atoms with Crippen molar-refractivity contribution >= 4 is 5.97 Å². The van der Waals surface area contributed by atoms with Gasteiger partial charge in [-0.1, -0.05) is 12.1 Å². The van der Waals surface area contributed by atoms with E-state index in [9.17, 15) is 4.79 Å². The van der Waals surface area contributed by atoms with Crippen LogP contribution in [0.25, 0.3) is 0 Å². The minimum absolute atomic E-state index is 0.134. The summed E-state index contributed by atoms with van der Waals surface area (Å²) in [5.41, 5.74) is 2.29. The van der Waals surface area contributed by atoms with E-state index in [4.69, 9.17) is 9.84 Å². The van der Waals surface area contributed by atoms with E-state index in [1.807, 2.05) is 39.0 Å². The molecule has 0 aromatic heterocycles. The molecule has 1 N–H and O–H groups in total. The Morgan fingerprint density at radius 2 is 2.12 bits per heavy atom. The Bertz CT molecular complexity index is 383. The summed E-state index contributed by atoms with van der Waals surface area (Å²) in [5, 5.41) is 8.64. The first-order valence-electron chi connectivity index (χ1n) is 5.97. The maximum atomic E-state index is 10.5. The summed E-state index contributed by atoms with van der Waals surface area (Å²) in [5.74, 6) is 0.135. The van der Waals surface area contributed by atoms with Crippen LogP contribution in [0.2, 0.25) is 0 Å². The molecular weight excluding hydrogens is 216 g/mol. The average Bonchev–Trinajstić information content (AvgIpc) is 2.21. The van der Waals surface area contributed by atoms with Crippen LogP contribution in [0.5, 0.6) is 5.75 Å². The zero-order valence-electron chi connectivity index (χ0n) is 10.7. The van der Waals surface area contributed by atoms with Gasteiger partial charge in [-0.3, -0.25) is 4.79 Å². The van der Waals surface area contributed by atoms with E-state index in [0.29, 0.717) is 6.42 Å². The van der Waals surface area contributed by atoms with E-state index < -0.39 is 5.97 Å². The number of hydrogen-bond donors (Lipinski definition) is 1. The van der Waals surface area contributed by atoms with Crippen molar-refractivity contribution in [3.05, 3.63) is 29.3 Å². The summed E-state index contributed by atoms with van der Waals surface area (Å²) in [6.45, 7) is 6.01. The summed E-state index contributed by atoms with van der Waals surface area (Å²) < 4.78 is 5.74. The minimum atomic E-state index is -0.745. The zero-order valence-corrected chi connectivity index (χ0v) is 10.7. The lowest BCUT2D eigenvalue weighted by atomic mass is 10.0. The lowest BCUT2D eigenvalue weighted by Crippen LogP contribution is -2.08. The summed E-state index contributed by atoms with van der Waals surface area (Å²) in [6, 6.07) is 5.94. The van der Waals surface area contributed by atoms with Crippen LogP contribution >= 0.6 is 0 Å². The van der Waals surface area contributed by atoms with Crippen molar-refractivity contribution in [2.75, 3.05) is 0 Å². The molecule has 0 radical (unpaired) electrons. The lowest BCUT2D eigenvalue weighted by molar-refractivity contribution is -0.137. The SMILES string of the molecule is Cc1cccc(OC(C)C)c1CCCC(=O)O. The van der Waals surface area contributed by atoms with E-state index in [2.05, 4.69) is 0 Å². The number of benzene rings is 1. The third kappa shape index (κ3) is 4.47. The minimum Gasteiger partial charge on any atom is -0.491 e. The molecule has 0 amide bonds. The van der Waals surface area contributed by atoms with E-state index in [1.165, 1.54) is 0 Å². The highest BCUT2D eigenvalue weighted by Gasteiger charge is 2.09. The molecule has 94 valence electrons. The zero-order chi connectivity index (χ0) is 12.8. The normalized spacial score (nSPS) is 10.6. The third-order valence-electron chi connectivity index (χ3n) is 2.55. The van der Waals surface area contributed by atoms with Crippen molar-refractivity contribution in [3.63, 3.8) is 0 Å². The Kier molecular flexibility index (Phi) is 5.01. The van der Waals surface area contributed by atoms with Gasteiger partial charge in [0.15, 0.2) is 0 Å². The number of carboxylic acids is 1. The average molecular weight is 236 g/mol. The number of ether oxygens (including phenoxy) is 1. The van der Waals surface area contributed by atoms with E-state index in [0.717, 1.165) is 23.3 Å². The van der Waals surface area contributed by atoms with Gasteiger partial charge in [-0.25, -0.2) is 0 Å². The molecule has 3 nitrogen and oxygen atoms in total. The molecule has 0 fully saturated rings. The smallest absolute Gasteiger partial charge is 0.303 e. The molecule has 17 heavy (non-hydrogen) atoms. The van der Waals surface area contributed by atoms with Crippen molar-refractivity contribution < 1.29 is 14.6 Å². The van der Waals surface area contributed by atoms with Gasteiger partial charge in [-0.2, -0.15) is 0 Å². The summed E-state index contributed by atoms with van der Waals surface area (Å²) >= 11 is 0. The van der Waals surface area contributed by atoms with Crippen molar-refractivity contribution in [2.45, 2.75) is 46.1 Å². The van der Waals surface area contributed by atoms with Crippen LogP contribution < -0.4 is 4.74 Å². The van der Waals surface area contributed by atoms with Gasteiger partial charge in [0.25, 0.3) is 0 Å². The fraction of sp³-hybridized carbons (Fsp3) is 0.500. The predicted octanol–water partition coefficient (Wildman–Crippen LogP) is 3.19. The van der Waals surface area contributed by atoms with Gasteiger partial charge < -0.3 is 9.84 Å². The Balaban J connectivity index is 2.76. The summed E-state index contributed by atoms with van der Waals surface area (Å²) in [6.07, 6.45) is 1.74. The molecule has 0 atom stereocenters. The van der Waals surface area contributed by atoms with Crippen LogP contribution in [0, 0.1) is 6.92 Å². The fourth-order valence-corrected chi connectivity index (χ4v) is 1.78. The maximum Gasteiger partial charge on any atom is 0.303 e. The van der Waals surface area contributed by atoms with Gasteiger partial charge in [-0.15, -0.1) is 0 Å². The molecule has 0 aliphatic carbocycles. The third-order valence-corrected chi connectivity index (χ3v) is 2.55. The molecule has 1 aromatic rings. The highest BCUT2D eigenvalue weighted by atomic mass is 16.5. The highest BCUT2D eigenvalue weighted by Crippen LogP contribution is 2.25. The van der Waals surface area contributed by atoms with Gasteiger partial charge >= 0.3 is 5.97 Å². The first kappa shape index (κ1) is 13.6. The Hall–Kier alpha value is -1.51. The number of carboxylic acid groups (broad SMARTS) is 1. The maximum absolute atomic E-state index is 10.5. The predicted molar refractivity (Wildman–Crippen MR) is 67.5 cm³/mol. The van der Waals surface area contributed by atoms with Gasteiger partial charge in [0.1, 0.15) is 5.75 Å². The number of carbonyl (C=O) groups is 1. The van der Waals surface area contributed by atoms with Gasteiger partial charge in [0.2, 0.25) is 0 Å². The van der Waals surface area contributed by atoms with Crippen molar-refractivity contribution in [2.24, 2.45) is 0 Å². The molecule has 0 unspecified atom stereocenters. The molecule has 0 bridgehead atoms. The molecule has 0 saturated carbocycles. The molecule has 0 spiro atoms. The van der Waals surface area contributed by atoms with Crippen LogP contribution in [0.15, 0.2) is 18.2 Å². The first-order valence-corrected chi connectivity index (χ1v) is 5.97. The standard InChI is InChI=1S/C14H20O3/c1-10(2)17-13-8-4-6-11(3)12(13)7-5-9-14(15)16/h4,6,8,10H,5,7,9H2,1-3H3,(H,15,16). The van der Waals surface area contributed by atoms with Crippen LogP contribution in [-0.2, 0) is 11.2 Å². The Morgan fingerprint density at radius 1 is 1.41 bits per heavy atom. The molecular formula is C14H20O3. The van der Waals surface area contributed by atoms with Crippen LogP contribution in [0.1, 0.15) is 37.8 Å². The van der Waals surface area contributed by atoms with E-state index in [-0.39, 0.29) is 12.5 Å². The highest BCUT2D eigenvalue weighted by molar-refractivity contribution is 5.66. The monoisotopic (exact) mass is 236 g/mol. The molecule has 0 aliphatic rings. The van der Waals surface area contributed by atoms with Crippen LogP contribution in [0.3, 0.4) is 0 Å². The largest absolute Gasteiger partial charge is 0.491 e. The summed E-state index contributed by atoms with van der Waals surface area (Å²) in [7, 11) is 0. The number of aryl methyl sites for hydroxylation is 1. The summed E-state index contributed by atoms with van der Waals surface area (Å²) in [4.78, 5) is 10.5. The second-order valence-corrected chi connectivity index (χ2v) is 4.47. The van der Waals surface area contributed by atoms with Crippen LogP contribution in [0.4, 0.5) is 0 Å². The van der Waals surface area contributed by atoms with E-state index >= 15 is 0 Å². The number of aliphatic carboxylic acids is 1. The quantitative estimate of drug-likeness (QED) is 0.825. The molecule has 1 aromatic carbocycles. The van der Waals surface area contributed by atoms with Crippen molar-refractivity contribution in [3.8, 4) is 5.75 Å². The molecule has 3 heteroatoms. The Morgan fingerprint density at radius 3 is 2.71 bits per heavy atom. The van der Waals surface area contributed by atoms with Gasteiger partial charge in [-0.05, 0) is 50.8 Å². The van der Waals surface area contributed by atoms with Crippen molar-refractivity contribution in [1.29, 1.82) is 0 Å². The molecule has 1 rings (SSSR count). The molecule has 0 saturated heterocycles. The molecule has 0 aliphatic heterocycles. The van der Waals surface area contributed by atoms with Gasteiger partial charge in [0.05, 0.1) is 6.10 Å². The van der Waals surface area contributed by atoms with Gasteiger partial charge in [0, 0.05) is 6.42 Å². The molecule has 0 heterocycles. The fourth-order valence-electron chi connectivity index (χ4n) is 1.78. The van der Waals surface area contributed by atoms with E-state index in [1.54, 1.807) is 0 Å². The van der Waals surface area contributed by atoms with Crippen molar-refractivity contribution in [1.82, 2.24) is 0 Å². The second-order valence-electron chi connectivity index (χ2n) is 4.47. The Labute approximate surface area is 102 Å². The number of hydrogen-bond acceptors (Lipinski definition) is 2. The second kappa shape index (κ2) is 6.28. The number of rotatable bonds is 6.